The summed E-state index contributed by atoms with van der Waals surface area (Å²) in [4.78, 5) is 11.6. The summed E-state index contributed by atoms with van der Waals surface area (Å²) >= 11 is 0. The second-order valence-electron chi connectivity index (χ2n) is 7.97. The van der Waals surface area contributed by atoms with Crippen molar-refractivity contribution in [2.75, 3.05) is 7.05 Å². The van der Waals surface area contributed by atoms with Gasteiger partial charge in [-0.25, -0.2) is 0 Å². The SMILES string of the molecule is CNC(=O)C1(O)CC(c2ccc(B3OC(C)(C)C(C)(C)O3)cc2)C1. The first-order chi connectivity index (χ1) is 11.1. The molecule has 1 aliphatic carbocycles. The summed E-state index contributed by atoms with van der Waals surface area (Å²) in [5, 5.41) is 12.7. The van der Waals surface area contributed by atoms with Gasteiger partial charge < -0.3 is 19.7 Å². The highest BCUT2D eigenvalue weighted by Gasteiger charge is 2.52. The van der Waals surface area contributed by atoms with E-state index in [0.29, 0.717) is 12.8 Å². The van der Waals surface area contributed by atoms with Crippen molar-refractivity contribution in [1.29, 1.82) is 0 Å². The van der Waals surface area contributed by atoms with Crippen molar-refractivity contribution in [2.24, 2.45) is 0 Å². The molecular weight excluding hydrogens is 305 g/mol. The Bertz CT molecular complexity index is 619. The zero-order chi connectivity index (χ0) is 17.8. The van der Waals surface area contributed by atoms with Crippen LogP contribution in [0.1, 0.15) is 52.0 Å². The normalized spacial score (nSPS) is 30.8. The van der Waals surface area contributed by atoms with E-state index in [-0.39, 0.29) is 30.1 Å². The van der Waals surface area contributed by atoms with Gasteiger partial charge in [-0.15, -0.1) is 0 Å². The van der Waals surface area contributed by atoms with Crippen molar-refractivity contribution in [3.05, 3.63) is 29.8 Å². The molecule has 3 rings (SSSR count). The number of carbonyl (C=O) groups excluding carboxylic acids is 1. The number of hydrogen-bond donors (Lipinski definition) is 2. The molecule has 130 valence electrons. The Kier molecular flexibility index (Phi) is 4.06. The highest BCUT2D eigenvalue weighted by Crippen LogP contribution is 2.44. The molecule has 0 unspecified atom stereocenters. The van der Waals surface area contributed by atoms with Crippen molar-refractivity contribution in [3.63, 3.8) is 0 Å². The predicted octanol–water partition coefficient (Wildman–Crippen LogP) is 1.34. The number of benzene rings is 1. The van der Waals surface area contributed by atoms with Crippen LogP contribution in [0.2, 0.25) is 0 Å². The van der Waals surface area contributed by atoms with Gasteiger partial charge in [-0.2, -0.15) is 0 Å². The van der Waals surface area contributed by atoms with E-state index in [1.165, 1.54) is 0 Å². The van der Waals surface area contributed by atoms with Crippen LogP contribution >= 0.6 is 0 Å². The molecule has 24 heavy (non-hydrogen) atoms. The number of likely N-dealkylation sites (N-methyl/N-ethyl adjacent to an activating group) is 1. The van der Waals surface area contributed by atoms with Crippen LogP contribution in [0.4, 0.5) is 0 Å². The van der Waals surface area contributed by atoms with Crippen LogP contribution in [-0.2, 0) is 14.1 Å². The number of amides is 1. The minimum absolute atomic E-state index is 0.208. The van der Waals surface area contributed by atoms with Crippen molar-refractivity contribution in [1.82, 2.24) is 5.32 Å². The van der Waals surface area contributed by atoms with E-state index in [9.17, 15) is 9.90 Å². The van der Waals surface area contributed by atoms with Crippen molar-refractivity contribution in [2.45, 2.75) is 63.3 Å². The largest absolute Gasteiger partial charge is 0.494 e. The van der Waals surface area contributed by atoms with E-state index in [1.54, 1.807) is 7.05 Å². The average molecular weight is 331 g/mol. The Labute approximate surface area is 143 Å². The summed E-state index contributed by atoms with van der Waals surface area (Å²) < 4.78 is 12.1. The van der Waals surface area contributed by atoms with Gasteiger partial charge in [0.1, 0.15) is 5.60 Å². The van der Waals surface area contributed by atoms with Gasteiger partial charge in [0.15, 0.2) is 0 Å². The Morgan fingerprint density at radius 1 is 1.12 bits per heavy atom. The van der Waals surface area contributed by atoms with Crippen LogP contribution in [0.3, 0.4) is 0 Å². The number of aliphatic hydroxyl groups is 1. The Morgan fingerprint density at radius 3 is 2.08 bits per heavy atom. The van der Waals surface area contributed by atoms with Gasteiger partial charge in [-0.3, -0.25) is 4.79 Å². The summed E-state index contributed by atoms with van der Waals surface area (Å²) in [7, 11) is 1.18. The highest BCUT2D eigenvalue weighted by molar-refractivity contribution is 6.62. The number of carbonyl (C=O) groups is 1. The van der Waals surface area contributed by atoms with Gasteiger partial charge >= 0.3 is 7.12 Å². The third-order valence-corrected chi connectivity index (χ3v) is 5.75. The molecule has 2 fully saturated rings. The molecule has 1 saturated carbocycles. The van der Waals surface area contributed by atoms with E-state index < -0.39 is 5.60 Å². The van der Waals surface area contributed by atoms with Crippen LogP contribution in [0.25, 0.3) is 0 Å². The molecule has 1 aromatic carbocycles. The summed E-state index contributed by atoms with van der Waals surface area (Å²) in [6, 6.07) is 8.09. The van der Waals surface area contributed by atoms with Crippen LogP contribution in [0.15, 0.2) is 24.3 Å². The molecule has 0 bridgehead atoms. The molecule has 1 aliphatic heterocycles. The molecule has 0 aromatic heterocycles. The zero-order valence-corrected chi connectivity index (χ0v) is 15.1. The zero-order valence-electron chi connectivity index (χ0n) is 15.1. The molecule has 0 radical (unpaired) electrons. The topological polar surface area (TPSA) is 67.8 Å². The lowest BCUT2D eigenvalue weighted by molar-refractivity contribution is -0.150. The van der Waals surface area contributed by atoms with E-state index >= 15 is 0 Å². The molecule has 2 aliphatic rings. The maximum atomic E-state index is 11.6. The van der Waals surface area contributed by atoms with Crippen molar-refractivity contribution in [3.8, 4) is 0 Å². The second kappa shape index (κ2) is 5.58. The van der Waals surface area contributed by atoms with E-state index in [4.69, 9.17) is 9.31 Å². The lowest BCUT2D eigenvalue weighted by atomic mass is 9.67. The fourth-order valence-electron chi connectivity index (χ4n) is 3.31. The van der Waals surface area contributed by atoms with E-state index in [0.717, 1.165) is 11.0 Å². The van der Waals surface area contributed by atoms with Crippen molar-refractivity contribution >= 4 is 18.5 Å². The third kappa shape index (κ3) is 2.77. The van der Waals surface area contributed by atoms with E-state index in [1.807, 2.05) is 52.0 Å². The minimum Gasteiger partial charge on any atom is -0.399 e. The molecule has 0 atom stereocenters. The van der Waals surface area contributed by atoms with Gasteiger partial charge in [0.25, 0.3) is 5.91 Å². The molecule has 0 spiro atoms. The molecule has 1 amide bonds. The first-order valence-corrected chi connectivity index (χ1v) is 8.48. The lowest BCUT2D eigenvalue weighted by Crippen LogP contribution is -2.53. The van der Waals surface area contributed by atoms with Crippen LogP contribution in [-0.4, -0.2) is 42.0 Å². The molecule has 1 saturated heterocycles. The van der Waals surface area contributed by atoms with Crippen LogP contribution in [0.5, 0.6) is 0 Å². The molecule has 1 heterocycles. The Morgan fingerprint density at radius 2 is 1.62 bits per heavy atom. The van der Waals surface area contributed by atoms with E-state index in [2.05, 4.69) is 5.32 Å². The molecular formula is C18H26BNO4. The molecule has 5 nitrogen and oxygen atoms in total. The summed E-state index contributed by atoms with van der Waals surface area (Å²) in [5.41, 5.74) is 0.189. The van der Waals surface area contributed by atoms with Crippen LogP contribution in [0, 0.1) is 0 Å². The lowest BCUT2D eigenvalue weighted by Gasteiger charge is -2.42. The summed E-state index contributed by atoms with van der Waals surface area (Å²) in [6.07, 6.45) is 0.922. The first kappa shape index (κ1) is 17.5. The number of hydrogen-bond acceptors (Lipinski definition) is 4. The highest BCUT2D eigenvalue weighted by atomic mass is 16.7. The Balaban J connectivity index is 1.67. The number of rotatable bonds is 3. The fourth-order valence-corrected chi connectivity index (χ4v) is 3.31. The molecule has 1 aromatic rings. The first-order valence-electron chi connectivity index (χ1n) is 8.48. The number of nitrogens with one attached hydrogen (secondary N) is 1. The van der Waals surface area contributed by atoms with Crippen molar-refractivity contribution < 1.29 is 19.2 Å². The monoisotopic (exact) mass is 331 g/mol. The van der Waals surface area contributed by atoms with Gasteiger partial charge in [0.2, 0.25) is 0 Å². The van der Waals surface area contributed by atoms with Gasteiger partial charge in [-0.05, 0) is 57.5 Å². The minimum atomic E-state index is -1.22. The average Bonchev–Trinajstić information content (AvgIpc) is 2.71. The fraction of sp³-hybridized carbons (Fsp3) is 0.611. The second-order valence-corrected chi connectivity index (χ2v) is 7.97. The molecule has 2 N–H and O–H groups in total. The van der Waals surface area contributed by atoms with Gasteiger partial charge in [0.05, 0.1) is 11.2 Å². The van der Waals surface area contributed by atoms with Gasteiger partial charge in [-0.1, -0.05) is 24.3 Å². The maximum Gasteiger partial charge on any atom is 0.494 e. The Hall–Kier alpha value is -1.37. The summed E-state index contributed by atoms with van der Waals surface area (Å²) in [5.74, 6) is -0.0905. The molecule has 6 heteroatoms. The quantitative estimate of drug-likeness (QED) is 0.821. The maximum absolute atomic E-state index is 11.6. The summed E-state index contributed by atoms with van der Waals surface area (Å²) in [6.45, 7) is 8.15. The van der Waals surface area contributed by atoms with Gasteiger partial charge in [0, 0.05) is 7.05 Å². The standard InChI is InChI=1S/C18H26BNO4/c1-16(2)17(3,4)24-19(23-16)14-8-6-12(7-9-14)13-10-18(22,11-13)15(21)20-5/h6-9,13,22H,10-11H2,1-5H3,(H,20,21). The smallest absolute Gasteiger partial charge is 0.399 e. The predicted molar refractivity (Wildman–Crippen MR) is 93.1 cm³/mol. The van der Waals surface area contributed by atoms with Crippen LogP contribution < -0.4 is 10.8 Å². The third-order valence-electron chi connectivity index (χ3n) is 5.75.